The fourth-order valence-electron chi connectivity index (χ4n) is 6.29. The molecule has 0 radical (unpaired) electrons. The van der Waals surface area contributed by atoms with Gasteiger partial charge < -0.3 is 5.32 Å². The quantitative estimate of drug-likeness (QED) is 0.543. The highest BCUT2D eigenvalue weighted by molar-refractivity contribution is 5.83. The second-order valence-corrected chi connectivity index (χ2v) is 10.8. The molecule has 1 saturated heterocycles. The van der Waals surface area contributed by atoms with Crippen molar-refractivity contribution in [2.75, 3.05) is 13.1 Å². The van der Waals surface area contributed by atoms with E-state index in [9.17, 15) is 22.4 Å². The number of fused-ring (bicyclic) bond motifs is 2. The van der Waals surface area contributed by atoms with Crippen LogP contribution in [0.1, 0.15) is 55.4 Å². The number of benzene rings is 2. The molecule has 1 spiro atoms. The van der Waals surface area contributed by atoms with Gasteiger partial charge in [-0.25, -0.2) is 4.39 Å². The molecular formula is C28H30F4N2O. The van der Waals surface area contributed by atoms with E-state index in [-0.39, 0.29) is 23.4 Å². The van der Waals surface area contributed by atoms with Crippen molar-refractivity contribution in [1.29, 1.82) is 0 Å². The molecule has 2 atom stereocenters. The lowest BCUT2D eigenvalue weighted by atomic mass is 9.63. The van der Waals surface area contributed by atoms with Gasteiger partial charge in [-0.05, 0) is 66.6 Å². The fraction of sp³-hybridized carbons (Fsp3) is 0.464. The Kier molecular flexibility index (Phi) is 5.82. The molecule has 1 saturated carbocycles. The Morgan fingerprint density at radius 3 is 2.63 bits per heavy atom. The standard InChI is InChI=1S/C28H30F4N2O/c1-18-17-34(10-9-27(18)8-7-20-5-3-4-6-24(20)27)23-14-26(2,15-23)25(35)33-16-19-11-21(28(30,31)32)13-22(29)12-19/h3-8,11-13,18,23H,9-10,14-17H2,1-2H3,(H,33,35)/t18-,23?,26?,27-/m0/s1. The highest BCUT2D eigenvalue weighted by Gasteiger charge is 2.51. The number of hydrogen-bond donors (Lipinski definition) is 1. The fourth-order valence-corrected chi connectivity index (χ4v) is 6.29. The number of carbonyl (C=O) groups excluding carboxylic acids is 1. The Morgan fingerprint density at radius 2 is 1.91 bits per heavy atom. The van der Waals surface area contributed by atoms with Gasteiger partial charge in [-0.15, -0.1) is 0 Å². The summed E-state index contributed by atoms with van der Waals surface area (Å²) in [4.78, 5) is 15.4. The number of piperidine rings is 1. The summed E-state index contributed by atoms with van der Waals surface area (Å²) >= 11 is 0. The number of rotatable bonds is 4. The van der Waals surface area contributed by atoms with Crippen LogP contribution in [0.5, 0.6) is 0 Å². The Hall–Kier alpha value is -2.67. The molecule has 1 amide bonds. The minimum atomic E-state index is -4.63. The number of carbonyl (C=O) groups is 1. The first-order valence-corrected chi connectivity index (χ1v) is 12.2. The Bertz CT molecular complexity index is 1170. The van der Waals surface area contributed by atoms with Crippen molar-refractivity contribution in [3.63, 3.8) is 0 Å². The van der Waals surface area contributed by atoms with Crippen LogP contribution in [0.15, 0.2) is 48.5 Å². The van der Waals surface area contributed by atoms with Crippen LogP contribution >= 0.6 is 0 Å². The number of allylic oxidation sites excluding steroid dienone is 1. The molecule has 2 aliphatic carbocycles. The largest absolute Gasteiger partial charge is 0.416 e. The molecular weight excluding hydrogens is 456 g/mol. The number of nitrogens with one attached hydrogen (secondary N) is 1. The van der Waals surface area contributed by atoms with Crippen LogP contribution in [0.2, 0.25) is 0 Å². The van der Waals surface area contributed by atoms with Gasteiger partial charge in [-0.3, -0.25) is 9.69 Å². The van der Waals surface area contributed by atoms with E-state index in [1.807, 2.05) is 6.92 Å². The van der Waals surface area contributed by atoms with Crippen LogP contribution in [0, 0.1) is 17.2 Å². The van der Waals surface area contributed by atoms with Crippen molar-refractivity contribution < 1.29 is 22.4 Å². The van der Waals surface area contributed by atoms with E-state index in [0.717, 1.165) is 31.6 Å². The highest BCUT2D eigenvalue weighted by Crippen LogP contribution is 2.50. The normalized spacial score (nSPS) is 30.2. The first-order chi connectivity index (χ1) is 16.5. The molecule has 1 aliphatic heterocycles. The summed E-state index contributed by atoms with van der Waals surface area (Å²) in [5.74, 6) is -0.705. The molecule has 3 aliphatic rings. The van der Waals surface area contributed by atoms with Crippen LogP contribution in [0.4, 0.5) is 17.6 Å². The average molecular weight is 487 g/mol. The van der Waals surface area contributed by atoms with Crippen molar-refractivity contribution in [2.45, 2.75) is 57.3 Å². The summed E-state index contributed by atoms with van der Waals surface area (Å²) in [5.41, 5.74) is 1.29. The first kappa shape index (κ1) is 24.0. The van der Waals surface area contributed by atoms with Crippen molar-refractivity contribution in [2.24, 2.45) is 11.3 Å². The molecule has 0 bridgehead atoms. The monoisotopic (exact) mass is 486 g/mol. The molecule has 35 heavy (non-hydrogen) atoms. The van der Waals surface area contributed by atoms with Gasteiger partial charge in [0.05, 0.1) is 5.56 Å². The molecule has 0 aromatic heterocycles. The van der Waals surface area contributed by atoms with Crippen LogP contribution < -0.4 is 5.32 Å². The third-order valence-electron chi connectivity index (χ3n) is 8.40. The lowest BCUT2D eigenvalue weighted by Gasteiger charge is -2.53. The van der Waals surface area contributed by atoms with Gasteiger partial charge in [-0.2, -0.15) is 13.2 Å². The number of hydrogen-bond acceptors (Lipinski definition) is 2. The van der Waals surface area contributed by atoms with Crippen molar-refractivity contribution in [3.8, 4) is 0 Å². The molecule has 0 unspecified atom stereocenters. The van der Waals surface area contributed by atoms with Crippen molar-refractivity contribution >= 4 is 12.0 Å². The van der Waals surface area contributed by atoms with E-state index in [2.05, 4.69) is 53.6 Å². The Labute approximate surface area is 203 Å². The van der Waals surface area contributed by atoms with Gasteiger partial charge >= 0.3 is 6.18 Å². The molecule has 3 nitrogen and oxygen atoms in total. The lowest BCUT2D eigenvalue weighted by Crippen LogP contribution is -2.59. The zero-order valence-corrected chi connectivity index (χ0v) is 20.0. The van der Waals surface area contributed by atoms with E-state index in [0.29, 0.717) is 30.9 Å². The van der Waals surface area contributed by atoms with Gasteiger partial charge in [-0.1, -0.05) is 50.3 Å². The van der Waals surface area contributed by atoms with E-state index in [4.69, 9.17) is 0 Å². The molecule has 2 aromatic carbocycles. The molecule has 1 heterocycles. The maximum Gasteiger partial charge on any atom is 0.416 e. The van der Waals surface area contributed by atoms with E-state index >= 15 is 0 Å². The molecule has 1 N–H and O–H groups in total. The molecule has 7 heteroatoms. The number of nitrogens with zero attached hydrogens (tertiary/aromatic N) is 1. The van der Waals surface area contributed by atoms with Crippen LogP contribution in [0.25, 0.3) is 6.08 Å². The van der Waals surface area contributed by atoms with E-state index in [1.165, 1.54) is 11.1 Å². The number of amides is 1. The predicted molar refractivity (Wildman–Crippen MR) is 127 cm³/mol. The summed E-state index contributed by atoms with van der Waals surface area (Å²) < 4.78 is 52.5. The minimum absolute atomic E-state index is 0.0811. The van der Waals surface area contributed by atoms with E-state index < -0.39 is 23.0 Å². The molecule has 5 rings (SSSR count). The molecule has 2 aromatic rings. The van der Waals surface area contributed by atoms with Gasteiger partial charge in [0.15, 0.2) is 0 Å². The van der Waals surface area contributed by atoms with Crippen LogP contribution in [0.3, 0.4) is 0 Å². The van der Waals surface area contributed by atoms with Crippen molar-refractivity contribution in [3.05, 3.63) is 76.6 Å². The summed E-state index contributed by atoms with van der Waals surface area (Å²) in [6.45, 7) is 6.00. The SMILES string of the molecule is C[C@H]1CN(C2CC(C)(C(=O)NCc3cc(F)cc(C(F)(F)F)c3)C2)CC[C@@]12C=Cc1ccccc12. The molecule has 2 fully saturated rings. The topological polar surface area (TPSA) is 32.3 Å². The lowest BCUT2D eigenvalue weighted by molar-refractivity contribution is -0.140. The van der Waals surface area contributed by atoms with Gasteiger partial charge in [0, 0.05) is 30.0 Å². The third kappa shape index (κ3) is 4.28. The summed E-state index contributed by atoms with van der Waals surface area (Å²) in [6.07, 6.45) is 2.44. The number of likely N-dealkylation sites (tertiary alicyclic amines) is 1. The van der Waals surface area contributed by atoms with E-state index in [1.54, 1.807) is 0 Å². The van der Waals surface area contributed by atoms with Gasteiger partial charge in [0.25, 0.3) is 0 Å². The smallest absolute Gasteiger partial charge is 0.352 e. The highest BCUT2D eigenvalue weighted by atomic mass is 19.4. The summed E-state index contributed by atoms with van der Waals surface area (Å²) in [5, 5.41) is 2.73. The van der Waals surface area contributed by atoms with Crippen LogP contribution in [-0.2, 0) is 22.9 Å². The van der Waals surface area contributed by atoms with Crippen molar-refractivity contribution in [1.82, 2.24) is 10.2 Å². The number of halogens is 4. The first-order valence-electron chi connectivity index (χ1n) is 12.2. The maximum absolute atomic E-state index is 13.7. The Balaban J connectivity index is 1.17. The maximum atomic E-state index is 13.7. The zero-order chi connectivity index (χ0) is 25.0. The average Bonchev–Trinajstić information content (AvgIpc) is 3.16. The zero-order valence-electron chi connectivity index (χ0n) is 20.0. The second-order valence-electron chi connectivity index (χ2n) is 10.8. The summed E-state index contributed by atoms with van der Waals surface area (Å²) in [7, 11) is 0. The van der Waals surface area contributed by atoms with Gasteiger partial charge in [0.2, 0.25) is 5.91 Å². The third-order valence-corrected chi connectivity index (χ3v) is 8.40. The van der Waals surface area contributed by atoms with Gasteiger partial charge in [0.1, 0.15) is 5.82 Å². The van der Waals surface area contributed by atoms with Crippen LogP contribution in [-0.4, -0.2) is 29.9 Å². The second kappa shape index (κ2) is 8.47. The molecule has 186 valence electrons. The predicted octanol–water partition coefficient (Wildman–Crippen LogP) is 5.94. The Morgan fingerprint density at radius 1 is 1.17 bits per heavy atom. The summed E-state index contributed by atoms with van der Waals surface area (Å²) in [6, 6.07) is 11.3. The minimum Gasteiger partial charge on any atom is -0.352 e. The number of alkyl halides is 3.